The molecule has 0 aromatic rings. The van der Waals surface area contributed by atoms with Crippen LogP contribution in [-0.2, 0) is 30.7 Å². The number of nitrogens with one attached hydrogen (secondary N) is 1. The predicted molar refractivity (Wildman–Crippen MR) is 86.3 cm³/mol. The molecule has 0 rings (SSSR count). The minimum Gasteiger partial charge on any atom is -0.679 e. The molecule has 0 fully saturated rings. The first-order valence-corrected chi connectivity index (χ1v) is 7.06. The van der Waals surface area contributed by atoms with Gasteiger partial charge in [-0.1, -0.05) is 27.7 Å². The molecule has 0 aromatic carbocycles. The van der Waals surface area contributed by atoms with Gasteiger partial charge in [0.1, 0.15) is 0 Å². The summed E-state index contributed by atoms with van der Waals surface area (Å²) in [6, 6.07) is 0. The molecule has 0 aliphatic heterocycles. The standard InChI is InChI=1S/C11H21NO4.C3H7N.CH4.Pt/c1-3-12(4-2)8-6-5-7-9(10(13)14)11(15)16;1-2-3-4;;/h9H,3-8H2,1-2H3,(H,13,14)(H,15,16);4H,1-3H2;1H4;/q;-2;;+2. The molecule has 0 aromatic heterocycles. The number of nitrogens with zero attached hydrogens (tertiary/aromatic N) is 1. The first-order chi connectivity index (χ1) is 9.44. The van der Waals surface area contributed by atoms with E-state index in [4.69, 9.17) is 15.9 Å². The van der Waals surface area contributed by atoms with E-state index in [9.17, 15) is 9.59 Å². The SMILES string of the molecule is C.CCN(CC)CCCCC(C(=O)O)C(=O)O.[CH2-]CC[NH-].[Pt+2]. The zero-order valence-electron chi connectivity index (χ0n) is 12.9. The third kappa shape index (κ3) is 17.6. The summed E-state index contributed by atoms with van der Waals surface area (Å²) in [7, 11) is 0. The summed E-state index contributed by atoms with van der Waals surface area (Å²) >= 11 is 0. The summed E-state index contributed by atoms with van der Waals surface area (Å²) in [5.74, 6) is -3.73. The number of rotatable bonds is 10. The maximum atomic E-state index is 10.6. The van der Waals surface area contributed by atoms with E-state index >= 15 is 0 Å². The molecule has 6 nitrogen and oxygen atoms in total. The average Bonchev–Trinajstić information content (AvgIpc) is 2.42. The number of carboxylic acid groups (broad SMARTS) is 2. The molecule has 0 saturated carbocycles. The number of hydrogen-bond acceptors (Lipinski definition) is 3. The van der Waals surface area contributed by atoms with Gasteiger partial charge in [0.15, 0.2) is 5.92 Å². The quantitative estimate of drug-likeness (QED) is 0.273. The Morgan fingerprint density at radius 2 is 1.55 bits per heavy atom. The molecule has 0 amide bonds. The Bertz CT molecular complexity index is 246. The molecule has 0 bridgehead atoms. The normalized spacial score (nSPS) is 9.36. The predicted octanol–water partition coefficient (Wildman–Crippen LogP) is 3.18. The molecule has 0 aliphatic rings. The molecule has 0 spiro atoms. The smallest absolute Gasteiger partial charge is 0.679 e. The molecule has 7 heteroatoms. The molecule has 0 unspecified atom stereocenters. The Morgan fingerprint density at radius 1 is 1.14 bits per heavy atom. The Hall–Kier alpha value is -0.452. The van der Waals surface area contributed by atoms with Gasteiger partial charge in [0.25, 0.3) is 0 Å². The van der Waals surface area contributed by atoms with Crippen LogP contribution in [0.3, 0.4) is 0 Å². The van der Waals surface area contributed by atoms with Crippen LogP contribution < -0.4 is 0 Å². The van der Waals surface area contributed by atoms with Crippen molar-refractivity contribution in [1.29, 1.82) is 0 Å². The summed E-state index contributed by atoms with van der Waals surface area (Å²) in [4.78, 5) is 23.4. The Morgan fingerprint density at radius 3 is 1.82 bits per heavy atom. The van der Waals surface area contributed by atoms with E-state index in [1.165, 1.54) is 0 Å². The molecule has 3 N–H and O–H groups in total. The third-order valence-electron chi connectivity index (χ3n) is 2.88. The van der Waals surface area contributed by atoms with Gasteiger partial charge in [0.2, 0.25) is 0 Å². The summed E-state index contributed by atoms with van der Waals surface area (Å²) in [6.45, 7) is 10.9. The molecular formula is C15H32N2O4Pt. The van der Waals surface area contributed by atoms with Crippen molar-refractivity contribution in [1.82, 2.24) is 4.90 Å². The van der Waals surface area contributed by atoms with Crippen molar-refractivity contribution >= 4 is 11.9 Å². The van der Waals surface area contributed by atoms with E-state index in [0.717, 1.165) is 32.5 Å². The van der Waals surface area contributed by atoms with Crippen LogP contribution >= 0.6 is 0 Å². The summed E-state index contributed by atoms with van der Waals surface area (Å²) in [5, 5.41) is 17.3. The maximum Gasteiger partial charge on any atom is 2.00 e. The number of hydrogen-bond donors (Lipinski definition) is 2. The van der Waals surface area contributed by atoms with E-state index in [0.29, 0.717) is 13.0 Å². The van der Waals surface area contributed by atoms with Crippen molar-refractivity contribution in [3.05, 3.63) is 12.7 Å². The molecule has 0 aliphatic carbocycles. The molecule has 0 saturated heterocycles. The zero-order valence-corrected chi connectivity index (χ0v) is 15.2. The minimum atomic E-state index is -1.25. The minimum absolute atomic E-state index is 0. The van der Waals surface area contributed by atoms with E-state index in [1.54, 1.807) is 0 Å². The van der Waals surface area contributed by atoms with E-state index < -0.39 is 17.9 Å². The topological polar surface area (TPSA) is 102 Å². The van der Waals surface area contributed by atoms with Crippen LogP contribution in [0.5, 0.6) is 0 Å². The summed E-state index contributed by atoms with van der Waals surface area (Å²) in [5.41, 5.74) is 6.39. The van der Waals surface area contributed by atoms with Gasteiger partial charge in [-0.25, -0.2) is 6.42 Å². The second kappa shape index (κ2) is 20.5. The number of carboxylic acids is 2. The van der Waals surface area contributed by atoms with E-state index in [2.05, 4.69) is 25.7 Å². The first kappa shape index (κ1) is 29.5. The van der Waals surface area contributed by atoms with Gasteiger partial charge in [-0.15, -0.1) is 0 Å². The van der Waals surface area contributed by atoms with Crippen LogP contribution in [0.2, 0.25) is 0 Å². The van der Waals surface area contributed by atoms with Crippen LogP contribution in [0.4, 0.5) is 0 Å². The fourth-order valence-electron chi connectivity index (χ4n) is 1.58. The maximum absolute atomic E-state index is 10.6. The van der Waals surface area contributed by atoms with E-state index in [1.807, 2.05) is 0 Å². The summed E-state index contributed by atoms with van der Waals surface area (Å²) < 4.78 is 0. The molecule has 0 atom stereocenters. The van der Waals surface area contributed by atoms with E-state index in [-0.39, 0.29) is 34.9 Å². The van der Waals surface area contributed by atoms with Gasteiger partial charge in [0.05, 0.1) is 0 Å². The van der Waals surface area contributed by atoms with Gasteiger partial charge < -0.3 is 27.8 Å². The number of unbranched alkanes of at least 4 members (excludes halogenated alkanes) is 1. The average molecular weight is 500 g/mol. The molecule has 136 valence electrons. The molecule has 0 heterocycles. The van der Waals surface area contributed by atoms with Gasteiger partial charge >= 0.3 is 33.0 Å². The van der Waals surface area contributed by atoms with Gasteiger partial charge in [0, 0.05) is 0 Å². The first-order valence-electron chi connectivity index (χ1n) is 7.06. The van der Waals surface area contributed by atoms with Crippen LogP contribution in [0.25, 0.3) is 5.73 Å². The summed E-state index contributed by atoms with van der Waals surface area (Å²) in [6.07, 6.45) is 2.43. The van der Waals surface area contributed by atoms with Crippen molar-refractivity contribution < 1.29 is 40.9 Å². The van der Waals surface area contributed by atoms with Crippen LogP contribution in [0.1, 0.15) is 47.0 Å². The molecule has 0 radical (unpaired) electrons. The second-order valence-electron chi connectivity index (χ2n) is 4.36. The second-order valence-corrected chi connectivity index (χ2v) is 4.36. The van der Waals surface area contributed by atoms with Gasteiger partial charge in [-0.05, 0) is 32.5 Å². The molecule has 22 heavy (non-hydrogen) atoms. The van der Waals surface area contributed by atoms with Gasteiger partial charge in [-0.3, -0.25) is 9.59 Å². The van der Waals surface area contributed by atoms with Crippen LogP contribution in [0.15, 0.2) is 0 Å². The van der Waals surface area contributed by atoms with Gasteiger partial charge in [-0.2, -0.15) is 6.54 Å². The fraction of sp³-hybridized carbons (Fsp3) is 0.800. The number of aliphatic carboxylic acids is 2. The van der Waals surface area contributed by atoms with Crippen molar-refractivity contribution in [3.63, 3.8) is 0 Å². The monoisotopic (exact) mass is 499 g/mol. The van der Waals surface area contributed by atoms with Crippen LogP contribution in [0, 0.1) is 12.8 Å². The Kier molecular flexibility index (Phi) is 27.6. The van der Waals surface area contributed by atoms with Crippen molar-refractivity contribution in [2.45, 2.75) is 47.0 Å². The van der Waals surface area contributed by atoms with Crippen molar-refractivity contribution in [2.24, 2.45) is 5.92 Å². The number of carbonyl (C=O) groups is 2. The molecular weight excluding hydrogens is 467 g/mol. The largest absolute Gasteiger partial charge is 2.00 e. The fourth-order valence-corrected chi connectivity index (χ4v) is 1.58. The Labute approximate surface area is 149 Å². The van der Waals surface area contributed by atoms with Crippen molar-refractivity contribution in [3.8, 4) is 0 Å². The van der Waals surface area contributed by atoms with Crippen molar-refractivity contribution in [2.75, 3.05) is 26.2 Å². The van der Waals surface area contributed by atoms with Crippen LogP contribution in [-0.4, -0.2) is 53.2 Å². The third-order valence-corrected chi connectivity index (χ3v) is 2.88. The zero-order chi connectivity index (χ0) is 16.0. The Balaban J connectivity index is -0.000000240.